The molecule has 2 unspecified atom stereocenters. The van der Waals surface area contributed by atoms with Crippen molar-refractivity contribution < 1.29 is 50.6 Å². The van der Waals surface area contributed by atoms with E-state index >= 15 is 0 Å². The maximum atomic E-state index is 14.6. The van der Waals surface area contributed by atoms with Gasteiger partial charge in [0.15, 0.2) is 0 Å². The second-order valence-electron chi connectivity index (χ2n) is 17.5. The van der Waals surface area contributed by atoms with Gasteiger partial charge in [0, 0.05) is 17.4 Å². The summed E-state index contributed by atoms with van der Waals surface area (Å²) in [6.07, 6.45) is -4.73. The first kappa shape index (κ1) is 40.2. The van der Waals surface area contributed by atoms with Gasteiger partial charge in [-0.05, 0) is 65.3 Å². The molecule has 3 aromatic rings. The Morgan fingerprint density at radius 3 is 2.30 bits per heavy atom. The largest absolute Gasteiger partial charge is 0.493 e. The van der Waals surface area contributed by atoms with Crippen LogP contribution in [0.15, 0.2) is 60.7 Å². The zero-order chi connectivity index (χ0) is 41.1. The van der Waals surface area contributed by atoms with Gasteiger partial charge in [0.2, 0.25) is 28.3 Å². The van der Waals surface area contributed by atoms with Crippen molar-refractivity contribution in [1.82, 2.24) is 20.3 Å². The summed E-state index contributed by atoms with van der Waals surface area (Å²) in [6.45, 7) is 8.89. The predicted octanol–water partition coefficient (Wildman–Crippen LogP) is 5.16. The lowest BCUT2D eigenvalue weighted by Gasteiger charge is -2.35. The molecule has 3 aromatic carbocycles. The average molecular weight is 811 g/mol. The van der Waals surface area contributed by atoms with Crippen molar-refractivity contribution in [3.8, 4) is 22.6 Å². The van der Waals surface area contributed by atoms with Gasteiger partial charge < -0.3 is 29.7 Å². The van der Waals surface area contributed by atoms with E-state index in [1.165, 1.54) is 4.90 Å². The van der Waals surface area contributed by atoms with Crippen molar-refractivity contribution >= 4 is 44.6 Å². The summed E-state index contributed by atoms with van der Waals surface area (Å²) >= 11 is 0. The van der Waals surface area contributed by atoms with Crippen LogP contribution in [-0.4, -0.2) is 92.3 Å². The first-order valence-electron chi connectivity index (χ1n) is 19.1. The van der Waals surface area contributed by atoms with Gasteiger partial charge in [0.25, 0.3) is 5.91 Å². The summed E-state index contributed by atoms with van der Waals surface area (Å²) in [4.78, 5) is 57.0. The molecule has 4 bridgehead atoms. The Hall–Kier alpha value is -4.99. The zero-order valence-corrected chi connectivity index (χ0v) is 33.3. The number of sulfonamides is 1. The highest BCUT2D eigenvalue weighted by Gasteiger charge is 2.67. The number of hydrogen-bond acceptors (Lipinski definition) is 9. The highest BCUT2D eigenvalue weighted by molar-refractivity contribution is 7.91. The monoisotopic (exact) mass is 810 g/mol. The van der Waals surface area contributed by atoms with E-state index in [-0.39, 0.29) is 26.2 Å². The summed E-state index contributed by atoms with van der Waals surface area (Å²) in [7, 11) is -4.14. The molecular formula is C41H48F2N4O9S. The number of rotatable bonds is 6. The van der Waals surface area contributed by atoms with Crippen LogP contribution in [-0.2, 0) is 29.1 Å². The number of hydrogen-bond donors (Lipinski definition) is 3. The van der Waals surface area contributed by atoms with Crippen LogP contribution in [0.4, 0.5) is 13.6 Å². The molecule has 1 saturated heterocycles. The van der Waals surface area contributed by atoms with Crippen LogP contribution in [0.5, 0.6) is 11.5 Å². The summed E-state index contributed by atoms with van der Waals surface area (Å²) < 4.78 is 74.2. The Bertz CT molecular complexity index is 2210. The van der Waals surface area contributed by atoms with E-state index in [4.69, 9.17) is 14.2 Å². The van der Waals surface area contributed by atoms with Crippen LogP contribution in [0.2, 0.25) is 0 Å². The molecule has 0 spiro atoms. The Morgan fingerprint density at radius 2 is 1.65 bits per heavy atom. The molecule has 4 amide bonds. The molecule has 4 aliphatic rings. The fraction of sp³-hybridized carbons (Fsp3) is 0.512. The van der Waals surface area contributed by atoms with Gasteiger partial charge in [-0.1, -0.05) is 71.0 Å². The van der Waals surface area contributed by atoms with Crippen molar-refractivity contribution in [2.45, 2.75) is 95.7 Å². The van der Waals surface area contributed by atoms with Gasteiger partial charge in [-0.15, -0.1) is 0 Å². The number of cyclic esters (lactones) is 1. The highest BCUT2D eigenvalue weighted by Crippen LogP contribution is 2.49. The molecule has 3 fully saturated rings. The molecule has 5 atom stereocenters. The zero-order valence-electron chi connectivity index (χ0n) is 32.5. The number of carbonyl (C=O) groups is 4. The van der Waals surface area contributed by atoms with Crippen molar-refractivity contribution in [1.29, 1.82) is 0 Å². The Morgan fingerprint density at radius 1 is 0.965 bits per heavy atom. The standard InChI is InChI=1S/C41H48F2N4O9S/c1-39(2,3)33-36(49)47-20-27(18-31(47)35(48)45-41(19-30(41)34(42)43)37(50)46-57(52,53)28-13-14-28)56-32-17-24-10-7-6-9-23(24)16-29(32)25-11-8-12-26(15-25)54-21-40(4,5)22-55-38(51)44-33/h6-12,15-17,27-28,30-31,33-34H,13-14,18-22H2,1-5H3,(H,44,51)(H,45,48)(H,46,50)/t27?,30-,31-,33+,41?/m0/s1. The molecule has 2 heterocycles. The molecule has 0 radical (unpaired) electrons. The fourth-order valence-electron chi connectivity index (χ4n) is 7.44. The maximum Gasteiger partial charge on any atom is 0.407 e. The maximum absolute atomic E-state index is 14.6. The number of halogens is 2. The second kappa shape index (κ2) is 14.7. The molecule has 2 saturated carbocycles. The second-order valence-corrected chi connectivity index (χ2v) is 19.4. The Balaban J connectivity index is 1.28. The molecule has 2 aliphatic carbocycles. The molecule has 16 heteroatoms. The molecule has 2 aliphatic heterocycles. The summed E-state index contributed by atoms with van der Waals surface area (Å²) in [5.74, 6) is -3.50. The minimum Gasteiger partial charge on any atom is -0.493 e. The quantitative estimate of drug-likeness (QED) is 0.305. The van der Waals surface area contributed by atoms with E-state index in [2.05, 4.69) is 10.6 Å². The van der Waals surface area contributed by atoms with Crippen LogP contribution in [0.25, 0.3) is 21.9 Å². The molecule has 0 aromatic heterocycles. The number of alkyl halides is 2. The first-order valence-corrected chi connectivity index (χ1v) is 20.6. The Kier molecular flexibility index (Phi) is 10.4. The smallest absolute Gasteiger partial charge is 0.407 e. The number of nitrogens with zero attached hydrogens (tertiary/aromatic N) is 1. The van der Waals surface area contributed by atoms with E-state index in [0.717, 1.165) is 16.3 Å². The molecule has 7 rings (SSSR count). The van der Waals surface area contributed by atoms with Gasteiger partial charge in [-0.3, -0.25) is 19.1 Å². The van der Waals surface area contributed by atoms with Crippen LogP contribution in [0.3, 0.4) is 0 Å². The topological polar surface area (TPSA) is 169 Å². The summed E-state index contributed by atoms with van der Waals surface area (Å²) in [5.41, 5.74) is -2.32. The average Bonchev–Trinajstić information content (AvgIpc) is 4.08. The third-order valence-electron chi connectivity index (χ3n) is 11.0. The van der Waals surface area contributed by atoms with Crippen molar-refractivity contribution in [3.63, 3.8) is 0 Å². The highest BCUT2D eigenvalue weighted by atomic mass is 32.2. The lowest BCUT2D eigenvalue weighted by molar-refractivity contribution is -0.143. The molecule has 306 valence electrons. The first-order chi connectivity index (χ1) is 26.8. The van der Waals surface area contributed by atoms with Crippen molar-refractivity contribution in [2.75, 3.05) is 19.8 Å². The van der Waals surface area contributed by atoms with Crippen LogP contribution in [0, 0.1) is 16.7 Å². The summed E-state index contributed by atoms with van der Waals surface area (Å²) in [5, 5.41) is 6.11. The van der Waals surface area contributed by atoms with Gasteiger partial charge >= 0.3 is 6.09 Å². The van der Waals surface area contributed by atoms with Crippen LogP contribution in [0.1, 0.15) is 60.3 Å². The molecule has 57 heavy (non-hydrogen) atoms. The number of alkyl carbamates (subject to hydrolysis) is 1. The lowest BCUT2D eigenvalue weighted by atomic mass is 9.85. The molecule has 3 N–H and O–H groups in total. The lowest BCUT2D eigenvalue weighted by Crippen LogP contribution is -2.60. The van der Waals surface area contributed by atoms with Crippen molar-refractivity contribution in [2.24, 2.45) is 16.7 Å². The number of amides is 4. The molecule has 13 nitrogen and oxygen atoms in total. The fourth-order valence-corrected chi connectivity index (χ4v) is 8.81. The normalized spacial score (nSPS) is 26.5. The van der Waals surface area contributed by atoms with Gasteiger partial charge in [0.05, 0.1) is 24.3 Å². The number of benzene rings is 3. The van der Waals surface area contributed by atoms with E-state index < -0.39 is 92.4 Å². The Labute approximate surface area is 330 Å². The number of carbonyl (C=O) groups excluding carboxylic acids is 4. The number of fused-ring (bicyclic) bond motifs is 7. The third-order valence-corrected chi connectivity index (χ3v) is 12.8. The van der Waals surface area contributed by atoms with Crippen LogP contribution < -0.4 is 24.8 Å². The summed E-state index contributed by atoms with van der Waals surface area (Å²) in [6, 6.07) is 16.4. The molecular weight excluding hydrogens is 763 g/mol. The van der Waals surface area contributed by atoms with Gasteiger partial charge in [-0.2, -0.15) is 0 Å². The van der Waals surface area contributed by atoms with E-state index in [9.17, 15) is 36.4 Å². The SMILES string of the molecule is CC1(C)COC(=O)N[C@@H](C(C)(C)C)C(=O)N2CC(C[C@H]2C(=O)NC2(C(=O)NS(=O)(=O)C3CC3)C[C@H]2C(F)F)Oc2cc3ccccc3cc2-c2cccc(c2)OC1. The van der Waals surface area contributed by atoms with E-state index in [0.29, 0.717) is 29.9 Å². The van der Waals surface area contributed by atoms with Gasteiger partial charge in [-0.25, -0.2) is 22.0 Å². The van der Waals surface area contributed by atoms with E-state index in [1.807, 2.05) is 79.2 Å². The third kappa shape index (κ3) is 8.51. The van der Waals surface area contributed by atoms with Crippen molar-refractivity contribution in [3.05, 3.63) is 60.7 Å². The van der Waals surface area contributed by atoms with E-state index in [1.54, 1.807) is 20.8 Å². The number of nitrogens with one attached hydrogen (secondary N) is 3. The predicted molar refractivity (Wildman–Crippen MR) is 206 cm³/mol. The minimum atomic E-state index is -4.14. The minimum absolute atomic E-state index is 0.0605. The number of ether oxygens (including phenoxy) is 3. The van der Waals surface area contributed by atoms with Crippen LogP contribution >= 0.6 is 0 Å². The van der Waals surface area contributed by atoms with Gasteiger partial charge in [0.1, 0.15) is 41.8 Å².